The van der Waals surface area contributed by atoms with Crippen molar-refractivity contribution in [3.8, 4) is 6.07 Å². The van der Waals surface area contributed by atoms with E-state index in [0.717, 1.165) is 5.56 Å². The number of hydrogen-bond acceptors (Lipinski definition) is 2. The van der Waals surface area contributed by atoms with E-state index in [9.17, 15) is 0 Å². The summed E-state index contributed by atoms with van der Waals surface area (Å²) in [7, 11) is 0. The monoisotopic (exact) mass is 200 g/mol. The van der Waals surface area contributed by atoms with Crippen LogP contribution in [0.1, 0.15) is 36.8 Å². The summed E-state index contributed by atoms with van der Waals surface area (Å²) < 4.78 is 0. The highest BCUT2D eigenvalue weighted by atomic mass is 14.9. The highest BCUT2D eigenvalue weighted by Gasteiger charge is 2.14. The third-order valence-electron chi connectivity index (χ3n) is 3.07. The summed E-state index contributed by atoms with van der Waals surface area (Å²) in [5.41, 5.74) is 3.09. The highest BCUT2D eigenvalue weighted by Crippen LogP contribution is 2.24. The average molecular weight is 200 g/mol. The lowest BCUT2D eigenvalue weighted by atomic mass is 10.1. The van der Waals surface area contributed by atoms with Gasteiger partial charge in [0, 0.05) is 11.7 Å². The first-order chi connectivity index (χ1) is 7.29. The molecule has 1 aromatic rings. The minimum Gasteiger partial charge on any atom is -0.382 e. The van der Waals surface area contributed by atoms with E-state index in [2.05, 4.69) is 18.3 Å². The van der Waals surface area contributed by atoms with Gasteiger partial charge in [-0.2, -0.15) is 5.26 Å². The molecule has 1 aliphatic rings. The predicted molar refractivity (Wildman–Crippen MR) is 61.8 cm³/mol. The summed E-state index contributed by atoms with van der Waals surface area (Å²) in [6.07, 6.45) is 5.23. The summed E-state index contributed by atoms with van der Waals surface area (Å²) in [5.74, 6) is 0. The summed E-state index contributed by atoms with van der Waals surface area (Å²) in [4.78, 5) is 0. The summed E-state index contributed by atoms with van der Waals surface area (Å²) >= 11 is 0. The zero-order valence-electron chi connectivity index (χ0n) is 9.09. The Labute approximate surface area is 90.9 Å². The van der Waals surface area contributed by atoms with Gasteiger partial charge in [0.05, 0.1) is 11.6 Å². The van der Waals surface area contributed by atoms with E-state index in [4.69, 9.17) is 5.26 Å². The average Bonchev–Trinajstić information content (AvgIpc) is 2.74. The van der Waals surface area contributed by atoms with Gasteiger partial charge in [-0.25, -0.2) is 0 Å². The minimum atomic E-state index is 0.636. The van der Waals surface area contributed by atoms with Crippen LogP contribution in [0.5, 0.6) is 0 Å². The van der Waals surface area contributed by atoms with Crippen molar-refractivity contribution in [3.05, 3.63) is 29.3 Å². The maximum absolute atomic E-state index is 8.77. The van der Waals surface area contributed by atoms with E-state index in [1.165, 1.54) is 36.9 Å². The SMILES string of the molecule is Cc1cc(C#N)ccc1NC1CCCC1. The van der Waals surface area contributed by atoms with Crippen molar-refractivity contribution < 1.29 is 0 Å². The van der Waals surface area contributed by atoms with Gasteiger partial charge in [-0.05, 0) is 43.5 Å². The maximum Gasteiger partial charge on any atom is 0.0991 e. The highest BCUT2D eigenvalue weighted by molar-refractivity contribution is 5.54. The van der Waals surface area contributed by atoms with Crippen molar-refractivity contribution in [2.75, 3.05) is 5.32 Å². The second-order valence-corrected chi connectivity index (χ2v) is 4.27. The maximum atomic E-state index is 8.77. The fourth-order valence-corrected chi connectivity index (χ4v) is 2.19. The molecule has 1 fully saturated rings. The topological polar surface area (TPSA) is 35.8 Å². The van der Waals surface area contributed by atoms with Crippen molar-refractivity contribution in [1.82, 2.24) is 0 Å². The van der Waals surface area contributed by atoms with Gasteiger partial charge in [-0.15, -0.1) is 0 Å². The number of nitrogens with zero attached hydrogens (tertiary/aromatic N) is 1. The predicted octanol–water partition coefficient (Wildman–Crippen LogP) is 3.22. The van der Waals surface area contributed by atoms with Crippen LogP contribution in [0.15, 0.2) is 18.2 Å². The van der Waals surface area contributed by atoms with Gasteiger partial charge >= 0.3 is 0 Å². The second-order valence-electron chi connectivity index (χ2n) is 4.27. The molecule has 0 spiro atoms. The van der Waals surface area contributed by atoms with E-state index in [1.54, 1.807) is 0 Å². The molecule has 0 atom stereocenters. The van der Waals surface area contributed by atoms with E-state index < -0.39 is 0 Å². The van der Waals surface area contributed by atoms with Crippen LogP contribution < -0.4 is 5.32 Å². The molecule has 78 valence electrons. The molecule has 1 aromatic carbocycles. The summed E-state index contributed by atoms with van der Waals surface area (Å²) in [6.45, 7) is 2.05. The van der Waals surface area contributed by atoms with Gasteiger partial charge in [0.2, 0.25) is 0 Å². The zero-order chi connectivity index (χ0) is 10.7. The van der Waals surface area contributed by atoms with Crippen LogP contribution >= 0.6 is 0 Å². The van der Waals surface area contributed by atoms with E-state index in [1.807, 2.05) is 18.2 Å². The molecule has 0 bridgehead atoms. The first-order valence-corrected chi connectivity index (χ1v) is 5.57. The molecule has 2 nitrogen and oxygen atoms in total. The van der Waals surface area contributed by atoms with Crippen LogP contribution in [-0.4, -0.2) is 6.04 Å². The Morgan fingerprint density at radius 3 is 2.67 bits per heavy atom. The molecule has 0 aromatic heterocycles. The molecule has 2 rings (SSSR count). The zero-order valence-corrected chi connectivity index (χ0v) is 9.09. The van der Waals surface area contributed by atoms with Crippen LogP contribution in [0, 0.1) is 18.3 Å². The molecule has 0 heterocycles. The third-order valence-corrected chi connectivity index (χ3v) is 3.07. The molecular weight excluding hydrogens is 184 g/mol. The van der Waals surface area contributed by atoms with Gasteiger partial charge in [-0.3, -0.25) is 0 Å². The summed E-state index contributed by atoms with van der Waals surface area (Å²) in [6, 6.07) is 8.64. The lowest BCUT2D eigenvalue weighted by Crippen LogP contribution is -2.15. The number of hydrogen-bond donors (Lipinski definition) is 1. The van der Waals surface area contributed by atoms with Crippen LogP contribution in [0.4, 0.5) is 5.69 Å². The Kier molecular flexibility index (Phi) is 2.91. The molecule has 0 aliphatic heterocycles. The fraction of sp³-hybridized carbons (Fsp3) is 0.462. The van der Waals surface area contributed by atoms with Gasteiger partial charge in [-0.1, -0.05) is 12.8 Å². The van der Waals surface area contributed by atoms with Gasteiger partial charge in [0.25, 0.3) is 0 Å². The third kappa shape index (κ3) is 2.30. The van der Waals surface area contributed by atoms with Crippen molar-refractivity contribution in [1.29, 1.82) is 5.26 Å². The Morgan fingerprint density at radius 1 is 1.33 bits per heavy atom. The van der Waals surface area contributed by atoms with Crippen LogP contribution in [0.2, 0.25) is 0 Å². The molecule has 15 heavy (non-hydrogen) atoms. The molecular formula is C13H16N2. The Morgan fingerprint density at radius 2 is 2.07 bits per heavy atom. The van der Waals surface area contributed by atoms with E-state index in [-0.39, 0.29) is 0 Å². The lowest BCUT2D eigenvalue weighted by molar-refractivity contribution is 0.754. The first kappa shape index (κ1) is 10.0. The van der Waals surface area contributed by atoms with Gasteiger partial charge < -0.3 is 5.32 Å². The number of anilines is 1. The van der Waals surface area contributed by atoms with Gasteiger partial charge in [0.1, 0.15) is 0 Å². The smallest absolute Gasteiger partial charge is 0.0991 e. The van der Waals surface area contributed by atoms with E-state index >= 15 is 0 Å². The molecule has 1 saturated carbocycles. The number of nitrogens with one attached hydrogen (secondary N) is 1. The normalized spacial score (nSPS) is 16.3. The quantitative estimate of drug-likeness (QED) is 0.795. The van der Waals surface area contributed by atoms with Crippen LogP contribution in [0.3, 0.4) is 0 Å². The molecule has 0 amide bonds. The minimum absolute atomic E-state index is 0.636. The largest absolute Gasteiger partial charge is 0.382 e. The van der Waals surface area contributed by atoms with Crippen LogP contribution in [0.25, 0.3) is 0 Å². The van der Waals surface area contributed by atoms with Crippen molar-refractivity contribution in [2.45, 2.75) is 38.6 Å². The van der Waals surface area contributed by atoms with Crippen molar-refractivity contribution in [3.63, 3.8) is 0 Å². The fourth-order valence-electron chi connectivity index (χ4n) is 2.19. The van der Waals surface area contributed by atoms with Crippen LogP contribution in [-0.2, 0) is 0 Å². The Hall–Kier alpha value is -1.49. The molecule has 0 radical (unpaired) electrons. The number of benzene rings is 1. The Balaban J connectivity index is 2.11. The summed E-state index contributed by atoms with van der Waals surface area (Å²) in [5, 5.41) is 12.3. The number of nitriles is 1. The molecule has 1 N–H and O–H groups in total. The molecule has 0 unspecified atom stereocenters. The number of rotatable bonds is 2. The lowest BCUT2D eigenvalue weighted by Gasteiger charge is -2.15. The first-order valence-electron chi connectivity index (χ1n) is 5.57. The van der Waals surface area contributed by atoms with Crippen molar-refractivity contribution >= 4 is 5.69 Å². The molecule has 2 heteroatoms. The van der Waals surface area contributed by atoms with Crippen molar-refractivity contribution in [2.24, 2.45) is 0 Å². The van der Waals surface area contributed by atoms with E-state index in [0.29, 0.717) is 6.04 Å². The molecule has 1 aliphatic carbocycles. The van der Waals surface area contributed by atoms with Gasteiger partial charge in [0.15, 0.2) is 0 Å². The molecule has 0 saturated heterocycles. The number of aryl methyl sites for hydroxylation is 1. The standard InChI is InChI=1S/C13H16N2/c1-10-8-11(9-14)6-7-13(10)15-12-4-2-3-5-12/h6-8,12,15H,2-5H2,1H3. The second kappa shape index (κ2) is 4.35. The Bertz CT molecular complexity index is 384.